The molecule has 64 valence electrons. The quantitative estimate of drug-likeness (QED) is 0.516. The Labute approximate surface area is 69.8 Å². The first-order valence-corrected chi connectivity index (χ1v) is 4.99. The van der Waals surface area contributed by atoms with E-state index in [1.165, 1.54) is 38.6 Å². The van der Waals surface area contributed by atoms with E-state index in [9.17, 15) is 0 Å². The van der Waals surface area contributed by atoms with E-state index in [-0.39, 0.29) is 0 Å². The molecule has 1 heteroatoms. The Hall–Kier alpha value is -0.0400. The van der Waals surface area contributed by atoms with E-state index in [1.807, 2.05) is 0 Å². The lowest BCUT2D eigenvalue weighted by Gasteiger charge is -2.44. The minimum Gasteiger partial charge on any atom is -0.295 e. The van der Waals surface area contributed by atoms with Crippen molar-refractivity contribution in [2.24, 2.45) is 0 Å². The molecular weight excluding hydrogens is 134 g/mol. The molecule has 1 nitrogen and oxygen atoms in total. The Bertz CT molecular complexity index is 155. The van der Waals surface area contributed by atoms with Gasteiger partial charge in [0.05, 0.1) is 0 Å². The maximum atomic E-state index is 2.73. The fourth-order valence-corrected chi connectivity index (χ4v) is 3.00. The van der Waals surface area contributed by atoms with Gasteiger partial charge in [0.15, 0.2) is 0 Å². The normalized spacial score (nSPS) is 45.8. The lowest BCUT2D eigenvalue weighted by atomic mass is 9.86. The standard InChI is InChI=1S/C10H19N/c1-9-5-3-6-10(2)7-4-8-11(9)10/h9H,3-8H2,1-2H3. The van der Waals surface area contributed by atoms with Gasteiger partial charge < -0.3 is 0 Å². The van der Waals surface area contributed by atoms with Gasteiger partial charge in [0.2, 0.25) is 0 Å². The molecule has 2 aliphatic heterocycles. The van der Waals surface area contributed by atoms with Crippen LogP contribution in [0, 0.1) is 0 Å². The average molecular weight is 153 g/mol. The van der Waals surface area contributed by atoms with Crippen molar-refractivity contribution in [1.82, 2.24) is 4.90 Å². The van der Waals surface area contributed by atoms with Crippen LogP contribution >= 0.6 is 0 Å². The molecule has 0 N–H and O–H groups in total. The molecule has 2 aliphatic rings. The van der Waals surface area contributed by atoms with Gasteiger partial charge in [-0.3, -0.25) is 4.90 Å². The van der Waals surface area contributed by atoms with Crippen molar-refractivity contribution in [3.8, 4) is 0 Å². The third-order valence-corrected chi connectivity index (χ3v) is 3.68. The molecule has 2 fully saturated rings. The van der Waals surface area contributed by atoms with E-state index in [0.29, 0.717) is 5.54 Å². The van der Waals surface area contributed by atoms with Crippen LogP contribution in [0.2, 0.25) is 0 Å². The zero-order chi connectivity index (χ0) is 7.90. The molecule has 2 atom stereocenters. The number of hydrogen-bond donors (Lipinski definition) is 0. The summed E-state index contributed by atoms with van der Waals surface area (Å²) in [5.41, 5.74) is 0.595. The fraction of sp³-hybridized carbons (Fsp3) is 1.00. The molecule has 2 unspecified atom stereocenters. The molecule has 0 radical (unpaired) electrons. The van der Waals surface area contributed by atoms with Crippen LogP contribution in [0.5, 0.6) is 0 Å². The highest BCUT2D eigenvalue weighted by atomic mass is 15.2. The minimum atomic E-state index is 0.595. The van der Waals surface area contributed by atoms with E-state index in [4.69, 9.17) is 0 Å². The van der Waals surface area contributed by atoms with Gasteiger partial charge in [-0.15, -0.1) is 0 Å². The maximum absolute atomic E-state index is 2.73. The predicted octanol–water partition coefficient (Wildman–Crippen LogP) is 2.41. The molecule has 11 heavy (non-hydrogen) atoms. The molecule has 0 saturated carbocycles. The van der Waals surface area contributed by atoms with Gasteiger partial charge in [-0.1, -0.05) is 6.42 Å². The Kier molecular flexibility index (Phi) is 1.71. The van der Waals surface area contributed by atoms with Crippen molar-refractivity contribution in [2.45, 2.75) is 57.5 Å². The van der Waals surface area contributed by atoms with E-state index in [2.05, 4.69) is 18.7 Å². The lowest BCUT2D eigenvalue weighted by molar-refractivity contribution is 0.0593. The smallest absolute Gasteiger partial charge is 0.0184 e. The predicted molar refractivity (Wildman–Crippen MR) is 47.7 cm³/mol. The first-order valence-electron chi connectivity index (χ1n) is 4.99. The van der Waals surface area contributed by atoms with Crippen molar-refractivity contribution in [1.29, 1.82) is 0 Å². The summed E-state index contributed by atoms with van der Waals surface area (Å²) in [4.78, 5) is 2.73. The van der Waals surface area contributed by atoms with E-state index < -0.39 is 0 Å². The van der Waals surface area contributed by atoms with Gasteiger partial charge in [0.25, 0.3) is 0 Å². The second kappa shape index (κ2) is 2.48. The Balaban J connectivity index is 2.15. The van der Waals surface area contributed by atoms with E-state index in [1.54, 1.807) is 0 Å². The van der Waals surface area contributed by atoms with Crippen molar-refractivity contribution in [3.63, 3.8) is 0 Å². The summed E-state index contributed by atoms with van der Waals surface area (Å²) in [5, 5.41) is 0. The zero-order valence-electron chi connectivity index (χ0n) is 7.77. The van der Waals surface area contributed by atoms with Crippen molar-refractivity contribution < 1.29 is 0 Å². The van der Waals surface area contributed by atoms with Gasteiger partial charge >= 0.3 is 0 Å². The van der Waals surface area contributed by atoms with Crippen LogP contribution in [0.4, 0.5) is 0 Å². The summed E-state index contributed by atoms with van der Waals surface area (Å²) < 4.78 is 0. The number of fused-ring (bicyclic) bond motifs is 1. The Morgan fingerprint density at radius 1 is 1.27 bits per heavy atom. The molecule has 2 rings (SSSR count). The maximum Gasteiger partial charge on any atom is 0.0184 e. The van der Waals surface area contributed by atoms with Crippen molar-refractivity contribution >= 4 is 0 Å². The summed E-state index contributed by atoms with van der Waals surface area (Å²) in [6, 6.07) is 0.858. The topological polar surface area (TPSA) is 3.24 Å². The molecule has 0 amide bonds. The van der Waals surface area contributed by atoms with Crippen LogP contribution in [0.1, 0.15) is 46.0 Å². The molecule has 0 aliphatic carbocycles. The number of hydrogen-bond acceptors (Lipinski definition) is 1. The summed E-state index contributed by atoms with van der Waals surface area (Å²) in [7, 11) is 0. The van der Waals surface area contributed by atoms with Crippen LogP contribution in [-0.4, -0.2) is 23.0 Å². The molecule has 2 saturated heterocycles. The summed E-state index contributed by atoms with van der Waals surface area (Å²) >= 11 is 0. The minimum absolute atomic E-state index is 0.595. The van der Waals surface area contributed by atoms with Crippen molar-refractivity contribution in [3.05, 3.63) is 0 Å². The Morgan fingerprint density at radius 3 is 2.73 bits per heavy atom. The second-order valence-electron chi connectivity index (χ2n) is 4.54. The monoisotopic (exact) mass is 153 g/mol. The first kappa shape index (κ1) is 7.60. The Morgan fingerprint density at radius 2 is 2.00 bits per heavy atom. The van der Waals surface area contributed by atoms with Crippen molar-refractivity contribution in [2.75, 3.05) is 6.54 Å². The van der Waals surface area contributed by atoms with Gasteiger partial charge in [-0.25, -0.2) is 0 Å². The van der Waals surface area contributed by atoms with Crippen LogP contribution < -0.4 is 0 Å². The summed E-state index contributed by atoms with van der Waals surface area (Å²) in [6.07, 6.45) is 7.19. The molecule has 0 aromatic carbocycles. The highest BCUT2D eigenvalue weighted by molar-refractivity contribution is 4.97. The second-order valence-corrected chi connectivity index (χ2v) is 4.54. The third kappa shape index (κ3) is 1.10. The molecule has 0 spiro atoms. The largest absolute Gasteiger partial charge is 0.295 e. The fourth-order valence-electron chi connectivity index (χ4n) is 3.00. The molecule has 0 bridgehead atoms. The van der Waals surface area contributed by atoms with E-state index in [0.717, 1.165) is 6.04 Å². The molecule has 0 aromatic heterocycles. The van der Waals surface area contributed by atoms with Crippen LogP contribution in [0.15, 0.2) is 0 Å². The lowest BCUT2D eigenvalue weighted by Crippen LogP contribution is -2.49. The number of rotatable bonds is 0. The highest BCUT2D eigenvalue weighted by Crippen LogP contribution is 2.39. The third-order valence-electron chi connectivity index (χ3n) is 3.68. The molecular formula is C10H19N. The van der Waals surface area contributed by atoms with Crippen LogP contribution in [-0.2, 0) is 0 Å². The summed E-state index contributed by atoms with van der Waals surface area (Å²) in [6.45, 7) is 6.20. The van der Waals surface area contributed by atoms with Gasteiger partial charge in [-0.2, -0.15) is 0 Å². The SMILES string of the molecule is CC1CCCC2(C)CCCN12. The van der Waals surface area contributed by atoms with Gasteiger partial charge in [0.1, 0.15) is 0 Å². The molecule has 0 aromatic rings. The highest BCUT2D eigenvalue weighted by Gasteiger charge is 2.40. The van der Waals surface area contributed by atoms with Crippen LogP contribution in [0.3, 0.4) is 0 Å². The summed E-state index contributed by atoms with van der Waals surface area (Å²) in [5.74, 6) is 0. The van der Waals surface area contributed by atoms with Crippen LogP contribution in [0.25, 0.3) is 0 Å². The molecule has 2 heterocycles. The first-order chi connectivity index (χ1) is 5.22. The van der Waals surface area contributed by atoms with E-state index >= 15 is 0 Å². The zero-order valence-corrected chi connectivity index (χ0v) is 7.77. The number of piperidine rings is 1. The van der Waals surface area contributed by atoms with Gasteiger partial charge in [-0.05, 0) is 46.1 Å². The number of nitrogens with zero attached hydrogens (tertiary/aromatic N) is 1. The van der Waals surface area contributed by atoms with Gasteiger partial charge in [0, 0.05) is 11.6 Å². The average Bonchev–Trinajstić information content (AvgIpc) is 2.31.